The van der Waals surface area contributed by atoms with Crippen LogP contribution in [-0.2, 0) is 11.2 Å². The Bertz CT molecular complexity index is 311. The van der Waals surface area contributed by atoms with Crippen molar-refractivity contribution in [3.8, 4) is 0 Å². The molecule has 0 bridgehead atoms. The van der Waals surface area contributed by atoms with Gasteiger partial charge in [-0.3, -0.25) is 0 Å². The molecule has 0 aromatic carbocycles. The van der Waals surface area contributed by atoms with Crippen LogP contribution in [0.2, 0.25) is 0 Å². The lowest BCUT2D eigenvalue weighted by Gasteiger charge is -2.32. The predicted molar refractivity (Wildman–Crippen MR) is 69.7 cm³/mol. The van der Waals surface area contributed by atoms with E-state index in [0.29, 0.717) is 6.04 Å². The first-order valence-corrected chi connectivity index (χ1v) is 6.57. The summed E-state index contributed by atoms with van der Waals surface area (Å²) in [6, 6.07) is 4.57. The molecule has 0 aliphatic heterocycles. The number of ether oxygens (including phenoxy) is 1. The van der Waals surface area contributed by atoms with Crippen molar-refractivity contribution in [3.63, 3.8) is 0 Å². The van der Waals surface area contributed by atoms with Crippen LogP contribution < -0.4 is 5.32 Å². The molecule has 0 radical (unpaired) electrons. The highest BCUT2D eigenvalue weighted by Crippen LogP contribution is 2.26. The number of methoxy groups -OCH3 is 1. The second kappa shape index (κ2) is 5.43. The Balaban J connectivity index is 2.69. The lowest BCUT2D eigenvalue weighted by atomic mass is 9.95. The molecular formula is C11H18BrNOS. The van der Waals surface area contributed by atoms with Crippen LogP contribution in [0.1, 0.15) is 18.7 Å². The number of rotatable bonds is 5. The molecule has 0 saturated carbocycles. The smallest absolute Gasteiger partial charge is 0.0778 e. The highest BCUT2D eigenvalue weighted by molar-refractivity contribution is 9.11. The molecule has 15 heavy (non-hydrogen) atoms. The Morgan fingerprint density at radius 1 is 1.53 bits per heavy atom. The molecule has 1 rings (SSSR count). The summed E-state index contributed by atoms with van der Waals surface area (Å²) in [7, 11) is 3.74. The first kappa shape index (κ1) is 13.2. The van der Waals surface area contributed by atoms with Gasteiger partial charge in [0.2, 0.25) is 0 Å². The van der Waals surface area contributed by atoms with Gasteiger partial charge in [-0.05, 0) is 55.4 Å². The van der Waals surface area contributed by atoms with E-state index in [9.17, 15) is 0 Å². The number of halogens is 1. The Labute approximate surface area is 104 Å². The molecule has 2 nitrogen and oxygen atoms in total. The van der Waals surface area contributed by atoms with Crippen molar-refractivity contribution < 1.29 is 4.74 Å². The molecule has 4 heteroatoms. The third-order valence-electron chi connectivity index (χ3n) is 2.75. The fraction of sp³-hybridized carbons (Fsp3) is 0.636. The Morgan fingerprint density at radius 2 is 2.20 bits per heavy atom. The predicted octanol–water partition coefficient (Wildman–Crippen LogP) is 3.07. The van der Waals surface area contributed by atoms with Gasteiger partial charge in [-0.15, -0.1) is 11.3 Å². The van der Waals surface area contributed by atoms with Crippen molar-refractivity contribution in [1.82, 2.24) is 5.32 Å². The third-order valence-corrected chi connectivity index (χ3v) is 4.39. The van der Waals surface area contributed by atoms with E-state index in [-0.39, 0.29) is 5.60 Å². The number of likely N-dealkylation sites (N-methyl/N-ethyl adjacent to an activating group) is 1. The minimum Gasteiger partial charge on any atom is -0.377 e. The van der Waals surface area contributed by atoms with Crippen LogP contribution in [0.3, 0.4) is 0 Å². The van der Waals surface area contributed by atoms with E-state index in [2.05, 4.69) is 47.2 Å². The third kappa shape index (κ3) is 3.55. The summed E-state index contributed by atoms with van der Waals surface area (Å²) in [5, 5.41) is 3.32. The normalized spacial score (nSPS) is 14.2. The Kier molecular flexibility index (Phi) is 4.77. The molecule has 1 unspecified atom stereocenters. The van der Waals surface area contributed by atoms with E-state index in [1.807, 2.05) is 7.05 Å². The molecule has 0 amide bonds. The van der Waals surface area contributed by atoms with Crippen molar-refractivity contribution in [1.29, 1.82) is 0 Å². The van der Waals surface area contributed by atoms with Crippen molar-refractivity contribution in [3.05, 3.63) is 20.8 Å². The summed E-state index contributed by atoms with van der Waals surface area (Å²) < 4.78 is 6.68. The molecule has 1 N–H and O–H groups in total. The zero-order valence-electron chi connectivity index (χ0n) is 9.63. The monoisotopic (exact) mass is 291 g/mol. The molecule has 1 aromatic heterocycles. The molecule has 0 fully saturated rings. The quantitative estimate of drug-likeness (QED) is 0.900. The molecule has 0 aliphatic carbocycles. The first-order valence-electron chi connectivity index (χ1n) is 4.96. The lowest BCUT2D eigenvalue weighted by Crippen LogP contribution is -2.47. The topological polar surface area (TPSA) is 21.3 Å². The van der Waals surface area contributed by atoms with Gasteiger partial charge in [0, 0.05) is 18.0 Å². The molecule has 1 atom stereocenters. The highest BCUT2D eigenvalue weighted by Gasteiger charge is 2.28. The van der Waals surface area contributed by atoms with Gasteiger partial charge in [-0.25, -0.2) is 0 Å². The summed E-state index contributed by atoms with van der Waals surface area (Å²) in [6.45, 7) is 4.22. The molecule has 1 heterocycles. The lowest BCUT2D eigenvalue weighted by molar-refractivity contribution is -0.00776. The summed E-state index contributed by atoms with van der Waals surface area (Å²) >= 11 is 5.26. The van der Waals surface area contributed by atoms with Gasteiger partial charge in [0.15, 0.2) is 0 Å². The van der Waals surface area contributed by atoms with Crippen molar-refractivity contribution in [2.24, 2.45) is 0 Å². The zero-order valence-corrected chi connectivity index (χ0v) is 12.0. The maximum absolute atomic E-state index is 5.50. The Hall–Kier alpha value is 0.1000. The second-order valence-electron chi connectivity index (χ2n) is 4.06. The summed E-state index contributed by atoms with van der Waals surface area (Å²) in [4.78, 5) is 1.37. The number of hydrogen-bond acceptors (Lipinski definition) is 3. The average Bonchev–Trinajstić information content (AvgIpc) is 2.60. The van der Waals surface area contributed by atoms with Crippen molar-refractivity contribution >= 4 is 27.3 Å². The standard InChI is InChI=1S/C11H18BrNOS/c1-11(2,14-4)9(13-3)7-8-5-6-10(12)15-8/h5-6,9,13H,7H2,1-4H3. The first-order chi connectivity index (χ1) is 6.99. The molecule has 0 spiro atoms. The van der Waals surface area contributed by atoms with E-state index >= 15 is 0 Å². The molecule has 86 valence electrons. The van der Waals surface area contributed by atoms with Crippen LogP contribution in [0, 0.1) is 0 Å². The number of thiophene rings is 1. The van der Waals surface area contributed by atoms with Crippen LogP contribution in [0.5, 0.6) is 0 Å². The van der Waals surface area contributed by atoms with Crippen LogP contribution in [0.25, 0.3) is 0 Å². The fourth-order valence-electron chi connectivity index (χ4n) is 1.50. The minimum absolute atomic E-state index is 0.148. The van der Waals surface area contributed by atoms with Gasteiger partial charge in [0.05, 0.1) is 9.39 Å². The average molecular weight is 292 g/mol. The second-order valence-corrected chi connectivity index (χ2v) is 6.61. The van der Waals surface area contributed by atoms with Gasteiger partial charge in [0.25, 0.3) is 0 Å². The van der Waals surface area contributed by atoms with Crippen LogP contribution in [-0.4, -0.2) is 25.8 Å². The largest absolute Gasteiger partial charge is 0.377 e. The van der Waals surface area contributed by atoms with Crippen LogP contribution in [0.4, 0.5) is 0 Å². The van der Waals surface area contributed by atoms with Gasteiger partial charge in [-0.1, -0.05) is 0 Å². The van der Waals surface area contributed by atoms with Gasteiger partial charge in [-0.2, -0.15) is 0 Å². The van der Waals surface area contributed by atoms with E-state index in [1.54, 1.807) is 18.4 Å². The van der Waals surface area contributed by atoms with E-state index in [0.717, 1.165) is 6.42 Å². The van der Waals surface area contributed by atoms with E-state index < -0.39 is 0 Å². The van der Waals surface area contributed by atoms with Crippen molar-refractivity contribution in [2.45, 2.75) is 31.9 Å². The van der Waals surface area contributed by atoms with Crippen LogP contribution in [0.15, 0.2) is 15.9 Å². The van der Waals surface area contributed by atoms with Gasteiger partial charge in [0.1, 0.15) is 0 Å². The number of hydrogen-bond donors (Lipinski definition) is 1. The minimum atomic E-state index is -0.148. The van der Waals surface area contributed by atoms with Crippen molar-refractivity contribution in [2.75, 3.05) is 14.2 Å². The maximum Gasteiger partial charge on any atom is 0.0778 e. The SMILES string of the molecule is CNC(Cc1ccc(Br)s1)C(C)(C)OC. The van der Waals surface area contributed by atoms with Gasteiger partial charge < -0.3 is 10.1 Å². The molecular weight excluding hydrogens is 274 g/mol. The van der Waals surface area contributed by atoms with Gasteiger partial charge >= 0.3 is 0 Å². The molecule has 1 aromatic rings. The molecule has 0 saturated heterocycles. The molecule has 0 aliphatic rings. The maximum atomic E-state index is 5.50. The Morgan fingerprint density at radius 3 is 2.60 bits per heavy atom. The van der Waals surface area contributed by atoms with E-state index in [1.165, 1.54) is 8.66 Å². The summed E-state index contributed by atoms with van der Waals surface area (Å²) in [6.07, 6.45) is 0.994. The summed E-state index contributed by atoms with van der Waals surface area (Å²) in [5.74, 6) is 0. The summed E-state index contributed by atoms with van der Waals surface area (Å²) in [5.41, 5.74) is -0.148. The van der Waals surface area contributed by atoms with E-state index in [4.69, 9.17) is 4.74 Å². The zero-order chi connectivity index (χ0) is 11.5. The van der Waals surface area contributed by atoms with Crippen LogP contribution >= 0.6 is 27.3 Å². The fourth-order valence-corrected chi connectivity index (χ4v) is 3.03. The number of nitrogens with one attached hydrogen (secondary N) is 1. The highest BCUT2D eigenvalue weighted by atomic mass is 79.9.